The standard InChI is InChI=1S/C33H36F2N4O11/c1-3-25(39(48)17-40)21(9-6-18-5-8-20(34)14-23(18)35)30(43)36-16-37-32(45)27-12-11-26(50-27)19-7-10-22(28(13-19)49-4-2)31(44)38-24(33(46)47)15-29(41)42/h5,7-8,10-14,17,21,24-25,48H,3-4,6,9,15-16H2,1-2H3,(H,36,43)(H,37,45)(H,38,44)(H,41,42)(H,46,47). The van der Waals surface area contributed by atoms with Gasteiger partial charge < -0.3 is 35.3 Å². The summed E-state index contributed by atoms with van der Waals surface area (Å²) >= 11 is 0. The van der Waals surface area contributed by atoms with E-state index in [0.717, 1.165) is 6.07 Å². The predicted octanol–water partition coefficient (Wildman–Crippen LogP) is 2.96. The monoisotopic (exact) mass is 702 g/mol. The zero-order chi connectivity index (χ0) is 37.0. The van der Waals surface area contributed by atoms with E-state index >= 15 is 0 Å². The van der Waals surface area contributed by atoms with Crippen molar-refractivity contribution in [2.45, 2.75) is 51.6 Å². The van der Waals surface area contributed by atoms with Crippen molar-refractivity contribution in [3.8, 4) is 17.1 Å². The van der Waals surface area contributed by atoms with Crippen LogP contribution in [0.2, 0.25) is 0 Å². The smallest absolute Gasteiger partial charge is 0.326 e. The Kier molecular flexibility index (Phi) is 14.0. The Bertz CT molecular complexity index is 1710. The van der Waals surface area contributed by atoms with Gasteiger partial charge in [-0.25, -0.2) is 18.6 Å². The molecule has 6 N–H and O–H groups in total. The molecule has 17 heteroatoms. The first kappa shape index (κ1) is 38.6. The fraction of sp³-hybridized carbons (Fsp3) is 0.333. The minimum Gasteiger partial charge on any atom is -0.493 e. The van der Waals surface area contributed by atoms with Gasteiger partial charge in [0.15, 0.2) is 5.76 Å². The van der Waals surface area contributed by atoms with Gasteiger partial charge in [-0.15, -0.1) is 0 Å². The van der Waals surface area contributed by atoms with Gasteiger partial charge >= 0.3 is 11.9 Å². The molecule has 15 nitrogen and oxygen atoms in total. The van der Waals surface area contributed by atoms with E-state index in [1.54, 1.807) is 13.8 Å². The molecule has 0 bridgehead atoms. The Labute approximate surface area is 284 Å². The lowest BCUT2D eigenvalue weighted by Crippen LogP contribution is -2.47. The van der Waals surface area contributed by atoms with Crippen LogP contribution in [-0.4, -0.2) is 81.9 Å². The topological polar surface area (TPSA) is 225 Å². The predicted molar refractivity (Wildman–Crippen MR) is 169 cm³/mol. The highest BCUT2D eigenvalue weighted by Crippen LogP contribution is 2.29. The maximum atomic E-state index is 14.2. The van der Waals surface area contributed by atoms with Gasteiger partial charge in [-0.05, 0) is 62.1 Å². The Hall–Kier alpha value is -5.84. The summed E-state index contributed by atoms with van der Waals surface area (Å²) in [5.41, 5.74) is 0.425. The van der Waals surface area contributed by atoms with E-state index in [0.29, 0.717) is 16.7 Å². The molecule has 0 aliphatic rings. The summed E-state index contributed by atoms with van der Waals surface area (Å²) in [5.74, 6) is -7.80. The molecule has 0 spiro atoms. The summed E-state index contributed by atoms with van der Waals surface area (Å²) in [6.45, 7) is 3.00. The third-order valence-corrected chi connectivity index (χ3v) is 7.54. The molecule has 0 radical (unpaired) electrons. The number of furan rings is 1. The number of carbonyl (C=O) groups excluding carboxylic acids is 4. The number of hydrogen-bond acceptors (Lipinski definition) is 9. The molecule has 0 fully saturated rings. The van der Waals surface area contributed by atoms with E-state index in [1.807, 2.05) is 0 Å². The van der Waals surface area contributed by atoms with Crippen LogP contribution in [0.1, 0.15) is 59.6 Å². The van der Waals surface area contributed by atoms with Crippen LogP contribution >= 0.6 is 0 Å². The summed E-state index contributed by atoms with van der Waals surface area (Å²) in [5, 5.41) is 35.7. The number of amides is 4. The van der Waals surface area contributed by atoms with Crippen LogP contribution in [0.15, 0.2) is 52.9 Å². The largest absolute Gasteiger partial charge is 0.493 e. The van der Waals surface area contributed by atoms with Crippen LogP contribution in [0.25, 0.3) is 11.3 Å². The van der Waals surface area contributed by atoms with Gasteiger partial charge in [0.25, 0.3) is 11.8 Å². The normalized spacial score (nSPS) is 12.6. The molecule has 3 atom stereocenters. The minimum atomic E-state index is -1.68. The lowest BCUT2D eigenvalue weighted by Gasteiger charge is -2.29. The van der Waals surface area contributed by atoms with Crippen LogP contribution in [0.3, 0.4) is 0 Å². The van der Waals surface area contributed by atoms with Gasteiger partial charge in [0, 0.05) is 11.6 Å². The molecule has 3 unspecified atom stereocenters. The third kappa shape index (κ3) is 10.3. The van der Waals surface area contributed by atoms with Gasteiger partial charge in [0.05, 0.1) is 37.2 Å². The number of hydrogen-bond donors (Lipinski definition) is 6. The van der Waals surface area contributed by atoms with Crippen molar-refractivity contribution in [1.29, 1.82) is 0 Å². The Morgan fingerprint density at radius 3 is 2.34 bits per heavy atom. The van der Waals surface area contributed by atoms with Crippen molar-refractivity contribution in [2.24, 2.45) is 5.92 Å². The summed E-state index contributed by atoms with van der Waals surface area (Å²) in [6.07, 6.45) is -0.589. The second-order valence-corrected chi connectivity index (χ2v) is 10.8. The molecule has 1 aromatic heterocycles. The van der Waals surface area contributed by atoms with Crippen LogP contribution in [0.4, 0.5) is 8.78 Å². The van der Waals surface area contributed by atoms with Gasteiger partial charge in [0.1, 0.15) is 29.2 Å². The van der Waals surface area contributed by atoms with Crippen molar-refractivity contribution in [1.82, 2.24) is 21.0 Å². The molecular formula is C33H36F2N4O11. The molecular weight excluding hydrogens is 666 g/mol. The maximum absolute atomic E-state index is 14.2. The first-order valence-electron chi connectivity index (χ1n) is 15.3. The number of rotatable bonds is 19. The second kappa shape index (κ2) is 18.1. The summed E-state index contributed by atoms with van der Waals surface area (Å²) in [7, 11) is 0. The van der Waals surface area contributed by atoms with Crippen molar-refractivity contribution in [2.75, 3.05) is 13.3 Å². The number of carboxylic acids is 2. The van der Waals surface area contributed by atoms with Crippen molar-refractivity contribution >= 4 is 36.1 Å². The number of ether oxygens (including phenoxy) is 1. The van der Waals surface area contributed by atoms with Crippen LogP contribution in [0.5, 0.6) is 5.75 Å². The van der Waals surface area contributed by atoms with Gasteiger partial charge in [-0.2, -0.15) is 0 Å². The van der Waals surface area contributed by atoms with E-state index < -0.39 is 72.4 Å². The number of nitrogens with one attached hydrogen (secondary N) is 3. The van der Waals surface area contributed by atoms with Crippen molar-refractivity contribution in [3.05, 3.63) is 77.1 Å². The first-order valence-corrected chi connectivity index (χ1v) is 15.3. The Morgan fingerprint density at radius 2 is 1.72 bits per heavy atom. The Balaban J connectivity index is 1.68. The minimum absolute atomic E-state index is 0.0147. The molecule has 0 aliphatic carbocycles. The quantitative estimate of drug-likeness (QED) is 0.0461. The number of benzene rings is 2. The average Bonchev–Trinajstić information content (AvgIpc) is 3.57. The first-order chi connectivity index (χ1) is 23.8. The van der Waals surface area contributed by atoms with Crippen molar-refractivity contribution < 1.29 is 62.1 Å². The molecule has 268 valence electrons. The fourth-order valence-electron chi connectivity index (χ4n) is 5.06. The average molecular weight is 703 g/mol. The lowest BCUT2D eigenvalue weighted by atomic mass is 9.89. The fourth-order valence-corrected chi connectivity index (χ4v) is 5.06. The molecule has 3 rings (SSSR count). The zero-order valence-electron chi connectivity index (χ0n) is 27.0. The zero-order valence-corrected chi connectivity index (χ0v) is 27.0. The van der Waals surface area contributed by atoms with Gasteiger partial charge in [0.2, 0.25) is 12.3 Å². The molecule has 50 heavy (non-hydrogen) atoms. The van der Waals surface area contributed by atoms with Crippen LogP contribution < -0.4 is 20.7 Å². The highest BCUT2D eigenvalue weighted by molar-refractivity contribution is 6.00. The number of carboxylic acid groups (broad SMARTS) is 2. The van der Waals surface area contributed by atoms with E-state index in [1.165, 1.54) is 36.4 Å². The molecule has 0 aliphatic heterocycles. The van der Waals surface area contributed by atoms with Gasteiger partial charge in [-0.3, -0.25) is 29.2 Å². The van der Waals surface area contributed by atoms with E-state index in [9.17, 15) is 47.9 Å². The number of carbonyl (C=O) groups is 6. The van der Waals surface area contributed by atoms with Crippen LogP contribution in [0, 0.1) is 17.6 Å². The molecule has 2 aromatic carbocycles. The summed E-state index contributed by atoms with van der Waals surface area (Å²) in [6, 6.07) is 7.31. The van der Waals surface area contributed by atoms with E-state index in [-0.39, 0.29) is 60.7 Å². The number of nitrogens with zero attached hydrogens (tertiary/aromatic N) is 1. The summed E-state index contributed by atoms with van der Waals surface area (Å²) < 4.78 is 38.7. The Morgan fingerprint density at radius 1 is 0.980 bits per heavy atom. The number of aryl methyl sites for hydroxylation is 1. The van der Waals surface area contributed by atoms with Crippen LogP contribution in [-0.2, 0) is 25.6 Å². The second-order valence-electron chi connectivity index (χ2n) is 10.8. The maximum Gasteiger partial charge on any atom is 0.326 e. The molecule has 3 aromatic rings. The number of aliphatic carboxylic acids is 2. The third-order valence-electron chi connectivity index (χ3n) is 7.54. The molecule has 1 heterocycles. The van der Waals surface area contributed by atoms with Gasteiger partial charge in [-0.1, -0.05) is 19.1 Å². The molecule has 0 saturated carbocycles. The van der Waals surface area contributed by atoms with E-state index in [2.05, 4.69) is 16.0 Å². The number of hydroxylamine groups is 2. The lowest BCUT2D eigenvalue weighted by molar-refractivity contribution is -0.168. The number of halogens is 2. The molecule has 0 saturated heterocycles. The summed E-state index contributed by atoms with van der Waals surface area (Å²) in [4.78, 5) is 72.4. The van der Waals surface area contributed by atoms with E-state index in [4.69, 9.17) is 14.3 Å². The van der Waals surface area contributed by atoms with Crippen molar-refractivity contribution in [3.63, 3.8) is 0 Å². The highest BCUT2D eigenvalue weighted by Gasteiger charge is 2.31. The molecule has 4 amide bonds. The highest BCUT2D eigenvalue weighted by atomic mass is 19.1. The SMILES string of the molecule is CCOc1cc(-c2ccc(C(=O)NCNC(=O)C(CCc3ccc(F)cc3F)C(CC)N(O)C=O)o2)ccc1C(=O)NC(CC(=O)O)C(=O)O.